The molecule has 0 aromatic heterocycles. The van der Waals surface area contributed by atoms with Crippen LogP contribution in [0, 0.1) is 5.92 Å². The quantitative estimate of drug-likeness (QED) is 0.873. The van der Waals surface area contributed by atoms with E-state index in [2.05, 4.69) is 26.1 Å². The van der Waals surface area contributed by atoms with Gasteiger partial charge in [-0.15, -0.1) is 0 Å². The van der Waals surface area contributed by atoms with E-state index < -0.39 is 0 Å². The second-order valence-corrected chi connectivity index (χ2v) is 5.73. The summed E-state index contributed by atoms with van der Waals surface area (Å²) < 4.78 is 6.82. The molecular formula is C14H21BrN2O. The van der Waals surface area contributed by atoms with Gasteiger partial charge in [0.2, 0.25) is 0 Å². The van der Waals surface area contributed by atoms with Gasteiger partial charge in [0.15, 0.2) is 0 Å². The third-order valence-electron chi connectivity index (χ3n) is 3.34. The first-order valence-corrected chi connectivity index (χ1v) is 7.32. The van der Waals surface area contributed by atoms with E-state index in [9.17, 15) is 0 Å². The highest BCUT2D eigenvalue weighted by Crippen LogP contribution is 2.18. The Morgan fingerprint density at radius 1 is 1.50 bits per heavy atom. The molecule has 4 heteroatoms. The fourth-order valence-corrected chi connectivity index (χ4v) is 2.80. The first-order chi connectivity index (χ1) is 8.78. The molecule has 2 rings (SSSR count). The zero-order valence-corrected chi connectivity index (χ0v) is 12.4. The molecule has 0 spiro atoms. The predicted molar refractivity (Wildman–Crippen MR) is 78.1 cm³/mol. The molecule has 1 fully saturated rings. The van der Waals surface area contributed by atoms with E-state index in [4.69, 9.17) is 4.74 Å². The van der Waals surface area contributed by atoms with Gasteiger partial charge in [0.25, 0.3) is 0 Å². The molecule has 0 amide bonds. The standard InChI is InChI=1S/C14H21BrN2O/c1-16-10-12-5-6-17(11-12)7-8-18-14-4-2-3-13(15)9-14/h2-4,9,12,16H,5-8,10-11H2,1H3. The van der Waals surface area contributed by atoms with E-state index >= 15 is 0 Å². The van der Waals surface area contributed by atoms with Crippen molar-refractivity contribution in [2.45, 2.75) is 6.42 Å². The van der Waals surface area contributed by atoms with E-state index in [1.165, 1.54) is 19.5 Å². The minimum absolute atomic E-state index is 0.767. The molecule has 1 saturated heterocycles. The number of rotatable bonds is 6. The van der Waals surface area contributed by atoms with Gasteiger partial charge in [0.1, 0.15) is 12.4 Å². The maximum absolute atomic E-state index is 5.76. The summed E-state index contributed by atoms with van der Waals surface area (Å²) in [7, 11) is 2.03. The molecule has 0 saturated carbocycles. The van der Waals surface area contributed by atoms with Crippen LogP contribution in [-0.2, 0) is 0 Å². The summed E-state index contributed by atoms with van der Waals surface area (Å²) in [4.78, 5) is 2.49. The topological polar surface area (TPSA) is 24.5 Å². The number of ether oxygens (including phenoxy) is 1. The maximum atomic E-state index is 5.76. The van der Waals surface area contributed by atoms with Gasteiger partial charge in [-0.2, -0.15) is 0 Å². The van der Waals surface area contributed by atoms with Crippen molar-refractivity contribution in [2.75, 3.05) is 39.8 Å². The molecule has 18 heavy (non-hydrogen) atoms. The zero-order valence-electron chi connectivity index (χ0n) is 10.9. The fourth-order valence-electron chi connectivity index (χ4n) is 2.42. The number of halogens is 1. The number of benzene rings is 1. The SMILES string of the molecule is CNCC1CCN(CCOc2cccc(Br)c2)C1. The van der Waals surface area contributed by atoms with E-state index in [1.54, 1.807) is 0 Å². The highest BCUT2D eigenvalue weighted by Gasteiger charge is 2.21. The molecule has 1 aliphatic heterocycles. The molecule has 1 aliphatic rings. The van der Waals surface area contributed by atoms with Crippen molar-refractivity contribution in [3.05, 3.63) is 28.7 Å². The van der Waals surface area contributed by atoms with Crippen LogP contribution in [0.1, 0.15) is 6.42 Å². The Bertz CT molecular complexity index is 373. The van der Waals surface area contributed by atoms with Crippen LogP contribution in [0.25, 0.3) is 0 Å². The number of nitrogens with zero attached hydrogens (tertiary/aromatic N) is 1. The number of nitrogens with one attached hydrogen (secondary N) is 1. The molecule has 100 valence electrons. The van der Waals surface area contributed by atoms with E-state index in [0.717, 1.165) is 35.8 Å². The number of hydrogen-bond acceptors (Lipinski definition) is 3. The molecule has 1 aromatic rings. The molecule has 1 unspecified atom stereocenters. The number of likely N-dealkylation sites (tertiary alicyclic amines) is 1. The van der Waals surface area contributed by atoms with Crippen molar-refractivity contribution in [1.29, 1.82) is 0 Å². The van der Waals surface area contributed by atoms with Gasteiger partial charge in [0, 0.05) is 17.6 Å². The van der Waals surface area contributed by atoms with Gasteiger partial charge in [-0.25, -0.2) is 0 Å². The first-order valence-electron chi connectivity index (χ1n) is 6.53. The first kappa shape index (κ1) is 13.8. The van der Waals surface area contributed by atoms with E-state index in [-0.39, 0.29) is 0 Å². The molecule has 0 bridgehead atoms. The molecule has 3 nitrogen and oxygen atoms in total. The Balaban J connectivity index is 1.67. The smallest absolute Gasteiger partial charge is 0.120 e. The second kappa shape index (κ2) is 7.12. The van der Waals surface area contributed by atoms with E-state index in [1.807, 2.05) is 31.3 Å². The Labute approximate surface area is 118 Å². The number of hydrogen-bond donors (Lipinski definition) is 1. The normalized spacial score (nSPS) is 20.2. The fraction of sp³-hybridized carbons (Fsp3) is 0.571. The van der Waals surface area contributed by atoms with Crippen molar-refractivity contribution in [3.63, 3.8) is 0 Å². The van der Waals surface area contributed by atoms with Crippen LogP contribution in [0.3, 0.4) is 0 Å². The largest absolute Gasteiger partial charge is 0.492 e. The third kappa shape index (κ3) is 4.26. The Hall–Kier alpha value is -0.580. The molecular weight excluding hydrogens is 292 g/mol. The summed E-state index contributed by atoms with van der Waals surface area (Å²) in [5.74, 6) is 1.75. The van der Waals surface area contributed by atoms with Gasteiger partial charge in [0.05, 0.1) is 0 Å². The summed E-state index contributed by atoms with van der Waals surface area (Å²) in [5.41, 5.74) is 0. The molecule has 0 aliphatic carbocycles. The van der Waals surface area contributed by atoms with Gasteiger partial charge in [-0.1, -0.05) is 22.0 Å². The monoisotopic (exact) mass is 312 g/mol. The average molecular weight is 313 g/mol. The lowest BCUT2D eigenvalue weighted by molar-refractivity contribution is 0.232. The minimum Gasteiger partial charge on any atom is -0.492 e. The lowest BCUT2D eigenvalue weighted by Crippen LogP contribution is -2.28. The predicted octanol–water partition coefficient (Wildman–Crippen LogP) is 2.37. The summed E-state index contributed by atoms with van der Waals surface area (Å²) in [6.45, 7) is 5.31. The lowest BCUT2D eigenvalue weighted by atomic mass is 10.1. The van der Waals surface area contributed by atoms with Gasteiger partial charge in [-0.3, -0.25) is 4.90 Å². The highest BCUT2D eigenvalue weighted by atomic mass is 79.9. The minimum atomic E-state index is 0.767. The van der Waals surface area contributed by atoms with Crippen LogP contribution in [0.2, 0.25) is 0 Å². The Morgan fingerprint density at radius 2 is 2.39 bits per heavy atom. The Morgan fingerprint density at radius 3 is 3.17 bits per heavy atom. The Kier molecular flexibility index (Phi) is 5.47. The molecule has 1 heterocycles. The summed E-state index contributed by atoms with van der Waals surface area (Å²) in [6, 6.07) is 8.01. The lowest BCUT2D eigenvalue weighted by Gasteiger charge is -2.16. The van der Waals surface area contributed by atoms with Crippen LogP contribution in [0.15, 0.2) is 28.7 Å². The van der Waals surface area contributed by atoms with Crippen LogP contribution in [0.4, 0.5) is 0 Å². The maximum Gasteiger partial charge on any atom is 0.120 e. The van der Waals surface area contributed by atoms with E-state index in [0.29, 0.717) is 0 Å². The van der Waals surface area contributed by atoms with Crippen LogP contribution >= 0.6 is 15.9 Å². The van der Waals surface area contributed by atoms with Gasteiger partial charge < -0.3 is 10.1 Å². The summed E-state index contributed by atoms with van der Waals surface area (Å²) >= 11 is 3.45. The van der Waals surface area contributed by atoms with Gasteiger partial charge in [-0.05, 0) is 50.7 Å². The van der Waals surface area contributed by atoms with Gasteiger partial charge >= 0.3 is 0 Å². The zero-order chi connectivity index (χ0) is 12.8. The molecule has 0 radical (unpaired) electrons. The van der Waals surface area contributed by atoms with Crippen LogP contribution in [0.5, 0.6) is 5.75 Å². The highest BCUT2D eigenvalue weighted by molar-refractivity contribution is 9.10. The molecule has 1 atom stereocenters. The average Bonchev–Trinajstić information content (AvgIpc) is 2.78. The van der Waals surface area contributed by atoms with Crippen molar-refractivity contribution in [3.8, 4) is 5.75 Å². The third-order valence-corrected chi connectivity index (χ3v) is 3.83. The van der Waals surface area contributed by atoms with Crippen LogP contribution < -0.4 is 10.1 Å². The molecule has 1 aromatic carbocycles. The van der Waals surface area contributed by atoms with Crippen molar-refractivity contribution in [1.82, 2.24) is 10.2 Å². The van der Waals surface area contributed by atoms with Crippen molar-refractivity contribution < 1.29 is 4.74 Å². The second-order valence-electron chi connectivity index (χ2n) is 4.82. The molecule has 1 N–H and O–H groups in total. The summed E-state index contributed by atoms with van der Waals surface area (Å²) in [5, 5.41) is 3.26. The summed E-state index contributed by atoms with van der Waals surface area (Å²) in [6.07, 6.45) is 1.30. The van der Waals surface area contributed by atoms with Crippen LogP contribution in [-0.4, -0.2) is 44.7 Å². The van der Waals surface area contributed by atoms with Crippen molar-refractivity contribution >= 4 is 15.9 Å². The van der Waals surface area contributed by atoms with Crippen molar-refractivity contribution in [2.24, 2.45) is 5.92 Å².